The highest BCUT2D eigenvalue weighted by Gasteiger charge is 2.26. The molecule has 0 amide bonds. The Balaban J connectivity index is 1.49. The minimum Gasteiger partial charge on any atom is -0.493 e. The number of hydrogen-bond donors (Lipinski definition) is 1. The molecule has 0 bridgehead atoms. The molecule has 2 aromatic rings. The molecule has 1 fully saturated rings. The van der Waals surface area contributed by atoms with Crippen LogP contribution in [0, 0.1) is 6.07 Å². The standard InChI is InChI=1S/C19H24FN4O2/c1-23-13-15(12-22-23)14-3-2-4-17(11-14)26-10-7-18(25)19(21)24-8-5-16(20)6-9-24/h3-4,11-13,16,19H,5-10,21H2,1H3. The van der Waals surface area contributed by atoms with E-state index >= 15 is 0 Å². The molecule has 0 spiro atoms. The van der Waals surface area contributed by atoms with Crippen LogP contribution in [0.25, 0.3) is 11.1 Å². The molecular weight excluding hydrogens is 335 g/mol. The molecular formula is C19H24FN4O2. The van der Waals surface area contributed by atoms with Gasteiger partial charge in [0.1, 0.15) is 18.1 Å². The van der Waals surface area contributed by atoms with Gasteiger partial charge in [0.05, 0.1) is 12.8 Å². The lowest BCUT2D eigenvalue weighted by molar-refractivity contribution is -0.125. The number of ketones is 1. The van der Waals surface area contributed by atoms with Crippen LogP contribution >= 0.6 is 0 Å². The zero-order valence-corrected chi connectivity index (χ0v) is 14.9. The number of carbonyl (C=O) groups excluding carboxylic acids is 1. The summed E-state index contributed by atoms with van der Waals surface area (Å²) in [5.41, 5.74) is 7.93. The van der Waals surface area contributed by atoms with Gasteiger partial charge in [-0.15, -0.1) is 0 Å². The van der Waals surface area contributed by atoms with Crippen molar-refractivity contribution >= 4 is 5.78 Å². The number of alkyl halides is 1. The summed E-state index contributed by atoms with van der Waals surface area (Å²) in [7, 11) is 1.86. The highest BCUT2D eigenvalue weighted by Crippen LogP contribution is 2.23. The number of piperidine rings is 1. The molecule has 26 heavy (non-hydrogen) atoms. The molecule has 2 N–H and O–H groups in total. The normalized spacial score (nSPS) is 17.2. The summed E-state index contributed by atoms with van der Waals surface area (Å²) in [5.74, 6) is 0.556. The van der Waals surface area contributed by atoms with Gasteiger partial charge in [0.2, 0.25) is 0 Å². The molecule has 1 aromatic heterocycles. The van der Waals surface area contributed by atoms with E-state index in [0.29, 0.717) is 31.7 Å². The number of Topliss-reactive ketones (excluding diaryl/α,β-unsaturated/α-hetero) is 1. The van der Waals surface area contributed by atoms with Crippen LogP contribution in [-0.2, 0) is 11.8 Å². The van der Waals surface area contributed by atoms with E-state index in [9.17, 15) is 9.18 Å². The molecule has 139 valence electrons. The minimum atomic E-state index is -0.778. The van der Waals surface area contributed by atoms with Crippen molar-refractivity contribution in [2.24, 2.45) is 12.8 Å². The average Bonchev–Trinajstić information content (AvgIpc) is 3.08. The number of nitrogens with two attached hydrogens (primary N) is 1. The summed E-state index contributed by atoms with van der Waals surface area (Å²) in [6.07, 6.45) is 3.32. The number of hydrogen-bond acceptors (Lipinski definition) is 5. The lowest BCUT2D eigenvalue weighted by atomic mass is 10.1. The fourth-order valence-electron chi connectivity index (χ4n) is 3.04. The number of benzene rings is 1. The Kier molecular flexibility index (Phi) is 6.00. The van der Waals surface area contributed by atoms with Crippen LogP contribution in [0.1, 0.15) is 19.3 Å². The van der Waals surface area contributed by atoms with Crippen LogP contribution in [0.15, 0.2) is 30.6 Å². The van der Waals surface area contributed by atoms with E-state index in [0.717, 1.165) is 11.1 Å². The van der Waals surface area contributed by atoms with Crippen molar-refractivity contribution in [3.05, 3.63) is 36.7 Å². The van der Waals surface area contributed by atoms with Crippen LogP contribution in [0.3, 0.4) is 0 Å². The zero-order valence-electron chi connectivity index (χ0n) is 14.9. The summed E-state index contributed by atoms with van der Waals surface area (Å²) in [6.45, 7) is 1.30. The monoisotopic (exact) mass is 359 g/mol. The predicted octanol–water partition coefficient (Wildman–Crippen LogP) is 1.94. The number of ether oxygens (including phenoxy) is 1. The molecule has 1 atom stereocenters. The second-order valence-electron chi connectivity index (χ2n) is 6.58. The third-order valence-electron chi connectivity index (χ3n) is 4.60. The molecule has 1 aromatic carbocycles. The van der Waals surface area contributed by atoms with Crippen molar-refractivity contribution in [1.82, 2.24) is 14.7 Å². The summed E-state index contributed by atoms with van der Waals surface area (Å²) in [5, 5.41) is 4.15. The number of aryl methyl sites for hydroxylation is 1. The maximum Gasteiger partial charge on any atom is 0.167 e. The van der Waals surface area contributed by atoms with Gasteiger partial charge in [-0.25, -0.2) is 4.39 Å². The van der Waals surface area contributed by atoms with E-state index in [1.807, 2.05) is 30.3 Å². The molecule has 7 heteroatoms. The second-order valence-corrected chi connectivity index (χ2v) is 6.58. The van der Waals surface area contributed by atoms with Crippen LogP contribution in [0.2, 0.25) is 0 Å². The van der Waals surface area contributed by atoms with E-state index in [-0.39, 0.29) is 18.8 Å². The largest absolute Gasteiger partial charge is 0.493 e. The summed E-state index contributed by atoms with van der Waals surface area (Å²) in [6, 6.07) is 8.52. The van der Waals surface area contributed by atoms with E-state index in [1.54, 1.807) is 16.9 Å². The van der Waals surface area contributed by atoms with Crippen molar-refractivity contribution in [3.8, 4) is 16.9 Å². The molecule has 0 aliphatic carbocycles. The maximum absolute atomic E-state index is 13.2. The van der Waals surface area contributed by atoms with Crippen LogP contribution < -0.4 is 10.5 Å². The number of nitrogens with zero attached hydrogens (tertiary/aromatic N) is 3. The summed E-state index contributed by atoms with van der Waals surface area (Å²) in [4.78, 5) is 14.1. The third-order valence-corrected chi connectivity index (χ3v) is 4.60. The SMILES string of the molecule is Cn1cc(-c2c[c]cc(OCCC(=O)C(N)N3CCC(F)CC3)c2)cn1. The molecule has 1 saturated heterocycles. The Morgan fingerprint density at radius 1 is 1.42 bits per heavy atom. The van der Waals surface area contributed by atoms with Gasteiger partial charge in [-0.1, -0.05) is 0 Å². The Labute approximate surface area is 152 Å². The lowest BCUT2D eigenvalue weighted by Gasteiger charge is -2.32. The first-order valence-electron chi connectivity index (χ1n) is 8.82. The summed E-state index contributed by atoms with van der Waals surface area (Å²) >= 11 is 0. The Morgan fingerprint density at radius 2 is 2.19 bits per heavy atom. The van der Waals surface area contributed by atoms with Gasteiger partial charge in [-0.3, -0.25) is 14.4 Å². The number of halogens is 1. The van der Waals surface area contributed by atoms with Crippen LogP contribution in [0.4, 0.5) is 4.39 Å². The zero-order chi connectivity index (χ0) is 18.5. The highest BCUT2D eigenvalue weighted by atomic mass is 19.1. The van der Waals surface area contributed by atoms with E-state index in [1.165, 1.54) is 0 Å². The van der Waals surface area contributed by atoms with E-state index in [4.69, 9.17) is 10.5 Å². The topological polar surface area (TPSA) is 73.4 Å². The Hall–Kier alpha value is -2.25. The molecule has 2 heterocycles. The molecule has 1 aliphatic heterocycles. The first-order valence-corrected chi connectivity index (χ1v) is 8.82. The number of aromatic nitrogens is 2. The molecule has 0 saturated carbocycles. The van der Waals surface area contributed by atoms with Gasteiger partial charge in [0, 0.05) is 38.3 Å². The van der Waals surface area contributed by atoms with Crippen molar-refractivity contribution in [2.75, 3.05) is 19.7 Å². The predicted molar refractivity (Wildman–Crippen MR) is 96.3 cm³/mol. The maximum atomic E-state index is 13.2. The molecule has 1 radical (unpaired) electrons. The second kappa shape index (κ2) is 8.42. The van der Waals surface area contributed by atoms with Crippen molar-refractivity contribution in [3.63, 3.8) is 0 Å². The van der Waals surface area contributed by atoms with Crippen LogP contribution in [-0.4, -0.2) is 52.5 Å². The van der Waals surface area contributed by atoms with Gasteiger partial charge in [0.25, 0.3) is 0 Å². The van der Waals surface area contributed by atoms with Gasteiger partial charge in [-0.2, -0.15) is 5.10 Å². The van der Waals surface area contributed by atoms with Gasteiger partial charge in [-0.05, 0) is 42.7 Å². The Bertz CT molecular complexity index is 741. The van der Waals surface area contributed by atoms with Crippen molar-refractivity contribution < 1.29 is 13.9 Å². The lowest BCUT2D eigenvalue weighted by Crippen LogP contribution is -2.51. The summed E-state index contributed by atoms with van der Waals surface area (Å²) < 4.78 is 20.6. The van der Waals surface area contributed by atoms with E-state index in [2.05, 4.69) is 11.2 Å². The molecule has 1 unspecified atom stereocenters. The van der Waals surface area contributed by atoms with E-state index < -0.39 is 12.3 Å². The first kappa shape index (κ1) is 18.5. The first-order chi connectivity index (χ1) is 12.5. The number of likely N-dealkylation sites (tertiary alicyclic amines) is 1. The highest BCUT2D eigenvalue weighted by molar-refractivity contribution is 5.83. The van der Waals surface area contributed by atoms with Crippen molar-refractivity contribution in [1.29, 1.82) is 0 Å². The number of carbonyl (C=O) groups is 1. The van der Waals surface area contributed by atoms with Gasteiger partial charge < -0.3 is 10.5 Å². The minimum absolute atomic E-state index is 0.0882. The Morgan fingerprint density at radius 3 is 2.88 bits per heavy atom. The van der Waals surface area contributed by atoms with Crippen molar-refractivity contribution in [2.45, 2.75) is 31.6 Å². The quantitative estimate of drug-likeness (QED) is 0.818. The molecule has 1 aliphatic rings. The molecule has 3 rings (SSSR count). The smallest absolute Gasteiger partial charge is 0.167 e. The molecule has 6 nitrogen and oxygen atoms in total. The third kappa shape index (κ3) is 4.68. The fourth-order valence-corrected chi connectivity index (χ4v) is 3.04. The fraction of sp³-hybridized carbons (Fsp3) is 0.474. The van der Waals surface area contributed by atoms with Gasteiger partial charge >= 0.3 is 0 Å². The van der Waals surface area contributed by atoms with Gasteiger partial charge in [0.15, 0.2) is 5.78 Å². The average molecular weight is 359 g/mol. The van der Waals surface area contributed by atoms with Crippen LogP contribution in [0.5, 0.6) is 5.75 Å². The number of rotatable bonds is 7.